The van der Waals surface area contributed by atoms with Gasteiger partial charge in [0, 0.05) is 0 Å². The molecule has 0 aromatic heterocycles. The number of carbonyl (C=O) groups is 1. The Balaban J connectivity index is 2.20. The SMILES string of the molecule is CC(C)C(C)(CC(C)(C)C)C(=O)OC1CCCc2ccccc21. The molecule has 2 unspecified atom stereocenters. The molecule has 0 fully saturated rings. The molecule has 0 aliphatic heterocycles. The molecule has 2 rings (SSSR count). The molecule has 1 aliphatic rings. The van der Waals surface area contributed by atoms with E-state index in [0.29, 0.717) is 0 Å². The van der Waals surface area contributed by atoms with Crippen molar-refractivity contribution in [3.8, 4) is 0 Å². The zero-order chi connectivity index (χ0) is 17.3. The summed E-state index contributed by atoms with van der Waals surface area (Å²) in [5.41, 5.74) is 2.19. The lowest BCUT2D eigenvalue weighted by atomic mass is 9.68. The van der Waals surface area contributed by atoms with Crippen LogP contribution in [-0.4, -0.2) is 5.97 Å². The number of fused-ring (bicyclic) bond motifs is 1. The maximum atomic E-state index is 13.0. The molecule has 0 radical (unpaired) electrons. The monoisotopic (exact) mass is 316 g/mol. The summed E-state index contributed by atoms with van der Waals surface area (Å²) in [5, 5.41) is 0. The van der Waals surface area contributed by atoms with E-state index in [1.54, 1.807) is 0 Å². The van der Waals surface area contributed by atoms with E-state index in [1.807, 2.05) is 6.07 Å². The summed E-state index contributed by atoms with van der Waals surface area (Å²) >= 11 is 0. The van der Waals surface area contributed by atoms with E-state index in [4.69, 9.17) is 4.74 Å². The van der Waals surface area contributed by atoms with Gasteiger partial charge in [0.25, 0.3) is 0 Å². The van der Waals surface area contributed by atoms with Crippen molar-refractivity contribution in [1.29, 1.82) is 0 Å². The second kappa shape index (κ2) is 6.67. The zero-order valence-electron chi connectivity index (χ0n) is 15.6. The highest BCUT2D eigenvalue weighted by molar-refractivity contribution is 5.77. The largest absolute Gasteiger partial charge is 0.457 e. The Kier molecular flexibility index (Phi) is 5.23. The number of rotatable bonds is 4. The first-order valence-electron chi connectivity index (χ1n) is 8.92. The summed E-state index contributed by atoms with van der Waals surface area (Å²) in [6.45, 7) is 12.9. The van der Waals surface area contributed by atoms with E-state index in [9.17, 15) is 4.79 Å². The molecular formula is C21H32O2. The van der Waals surface area contributed by atoms with Gasteiger partial charge in [-0.3, -0.25) is 4.79 Å². The summed E-state index contributed by atoms with van der Waals surface area (Å²) in [4.78, 5) is 13.0. The number of ether oxygens (including phenoxy) is 1. The molecule has 0 amide bonds. The number of carbonyl (C=O) groups excluding carboxylic acids is 1. The van der Waals surface area contributed by atoms with Gasteiger partial charge < -0.3 is 4.74 Å². The third-order valence-electron chi connectivity index (χ3n) is 5.20. The number of hydrogen-bond donors (Lipinski definition) is 0. The van der Waals surface area contributed by atoms with Gasteiger partial charge in [0.15, 0.2) is 0 Å². The van der Waals surface area contributed by atoms with Gasteiger partial charge in [0.05, 0.1) is 5.41 Å². The summed E-state index contributed by atoms with van der Waals surface area (Å²) in [6, 6.07) is 8.39. The van der Waals surface area contributed by atoms with Crippen LogP contribution in [0.4, 0.5) is 0 Å². The van der Waals surface area contributed by atoms with Gasteiger partial charge in [-0.25, -0.2) is 0 Å². The Labute approximate surface area is 141 Å². The summed E-state index contributed by atoms with van der Waals surface area (Å²) in [5.74, 6) is 0.220. The lowest BCUT2D eigenvalue weighted by Gasteiger charge is -2.38. The van der Waals surface area contributed by atoms with Crippen LogP contribution >= 0.6 is 0 Å². The maximum absolute atomic E-state index is 13.0. The third-order valence-corrected chi connectivity index (χ3v) is 5.20. The molecule has 0 N–H and O–H groups in total. The summed E-state index contributed by atoms with van der Waals surface area (Å²) in [6.07, 6.45) is 3.88. The van der Waals surface area contributed by atoms with Crippen LogP contribution in [0.5, 0.6) is 0 Å². The van der Waals surface area contributed by atoms with Crippen LogP contribution in [0.3, 0.4) is 0 Å². The fourth-order valence-electron chi connectivity index (χ4n) is 3.71. The smallest absolute Gasteiger partial charge is 0.312 e. The second-order valence-electron chi connectivity index (χ2n) is 8.79. The fraction of sp³-hybridized carbons (Fsp3) is 0.667. The Bertz CT molecular complexity index is 553. The quantitative estimate of drug-likeness (QED) is 0.665. The van der Waals surface area contributed by atoms with Crippen molar-refractivity contribution in [3.63, 3.8) is 0 Å². The van der Waals surface area contributed by atoms with Gasteiger partial charge in [-0.1, -0.05) is 58.9 Å². The molecule has 1 aromatic carbocycles. The molecule has 1 aromatic rings. The van der Waals surface area contributed by atoms with E-state index < -0.39 is 5.41 Å². The maximum Gasteiger partial charge on any atom is 0.312 e. The molecular weight excluding hydrogens is 284 g/mol. The second-order valence-corrected chi connectivity index (χ2v) is 8.79. The van der Waals surface area contributed by atoms with E-state index in [2.05, 4.69) is 59.7 Å². The summed E-state index contributed by atoms with van der Waals surface area (Å²) < 4.78 is 6.05. The Morgan fingerprint density at radius 3 is 2.48 bits per heavy atom. The molecule has 128 valence electrons. The number of benzene rings is 1. The lowest BCUT2D eigenvalue weighted by molar-refractivity contribution is -0.167. The normalized spacial score (nSPS) is 20.7. The average Bonchev–Trinajstić information content (AvgIpc) is 2.45. The summed E-state index contributed by atoms with van der Waals surface area (Å²) in [7, 11) is 0. The standard InChI is InChI=1S/C21H32O2/c1-15(2)21(6,14-20(3,4)5)19(22)23-18-13-9-11-16-10-7-8-12-17(16)18/h7-8,10,12,15,18H,9,11,13-14H2,1-6H3. The first-order valence-corrected chi connectivity index (χ1v) is 8.92. The van der Waals surface area contributed by atoms with E-state index in [0.717, 1.165) is 25.7 Å². The molecule has 0 saturated carbocycles. The number of hydrogen-bond acceptors (Lipinski definition) is 2. The van der Waals surface area contributed by atoms with Gasteiger partial charge >= 0.3 is 5.97 Å². The first kappa shape index (κ1) is 18.0. The van der Waals surface area contributed by atoms with Crippen molar-refractivity contribution in [2.24, 2.45) is 16.7 Å². The van der Waals surface area contributed by atoms with Crippen molar-refractivity contribution in [3.05, 3.63) is 35.4 Å². The highest BCUT2D eigenvalue weighted by Crippen LogP contribution is 2.42. The van der Waals surface area contributed by atoms with Gasteiger partial charge in [0.2, 0.25) is 0 Å². The van der Waals surface area contributed by atoms with Crippen LogP contribution < -0.4 is 0 Å². The van der Waals surface area contributed by atoms with Crippen LogP contribution in [0.25, 0.3) is 0 Å². The Morgan fingerprint density at radius 1 is 1.22 bits per heavy atom. The molecule has 0 saturated heterocycles. The van der Waals surface area contributed by atoms with Gasteiger partial charge in [0.1, 0.15) is 6.10 Å². The molecule has 2 nitrogen and oxygen atoms in total. The Hall–Kier alpha value is -1.31. The minimum atomic E-state index is -0.440. The lowest BCUT2D eigenvalue weighted by Crippen LogP contribution is -2.39. The van der Waals surface area contributed by atoms with E-state index in [1.165, 1.54) is 11.1 Å². The van der Waals surface area contributed by atoms with Crippen LogP contribution in [0.1, 0.15) is 78.0 Å². The predicted molar refractivity (Wildman–Crippen MR) is 95.2 cm³/mol. The van der Waals surface area contributed by atoms with Crippen molar-refractivity contribution < 1.29 is 9.53 Å². The minimum Gasteiger partial charge on any atom is -0.457 e. The molecule has 2 heteroatoms. The average molecular weight is 316 g/mol. The van der Waals surface area contributed by atoms with Crippen molar-refractivity contribution in [1.82, 2.24) is 0 Å². The topological polar surface area (TPSA) is 26.3 Å². The van der Waals surface area contributed by atoms with Gasteiger partial charge in [-0.15, -0.1) is 0 Å². The Morgan fingerprint density at radius 2 is 1.87 bits per heavy atom. The predicted octanol–water partition coefficient (Wildman–Crippen LogP) is 5.71. The third kappa shape index (κ3) is 4.16. The highest BCUT2D eigenvalue weighted by Gasteiger charge is 2.42. The molecule has 0 bridgehead atoms. The van der Waals surface area contributed by atoms with Crippen molar-refractivity contribution >= 4 is 5.97 Å². The van der Waals surface area contributed by atoms with Crippen LogP contribution in [0.15, 0.2) is 24.3 Å². The molecule has 0 spiro atoms. The molecule has 2 atom stereocenters. The zero-order valence-corrected chi connectivity index (χ0v) is 15.6. The van der Waals surface area contributed by atoms with Crippen molar-refractivity contribution in [2.75, 3.05) is 0 Å². The number of esters is 1. The van der Waals surface area contributed by atoms with Crippen LogP contribution in [0.2, 0.25) is 0 Å². The first-order chi connectivity index (χ1) is 10.6. The van der Waals surface area contributed by atoms with Crippen molar-refractivity contribution in [2.45, 2.75) is 73.3 Å². The van der Waals surface area contributed by atoms with Gasteiger partial charge in [-0.2, -0.15) is 0 Å². The number of aryl methyl sites for hydroxylation is 1. The van der Waals surface area contributed by atoms with Crippen LogP contribution in [0, 0.1) is 16.7 Å². The van der Waals surface area contributed by atoms with Gasteiger partial charge in [-0.05, 0) is 55.1 Å². The molecule has 1 aliphatic carbocycles. The highest BCUT2D eigenvalue weighted by atomic mass is 16.5. The minimum absolute atomic E-state index is 0.0378. The van der Waals surface area contributed by atoms with Crippen LogP contribution in [-0.2, 0) is 16.0 Å². The fourth-order valence-corrected chi connectivity index (χ4v) is 3.71. The molecule has 0 heterocycles. The molecule has 23 heavy (non-hydrogen) atoms. The van der Waals surface area contributed by atoms with E-state index >= 15 is 0 Å². The van der Waals surface area contributed by atoms with E-state index in [-0.39, 0.29) is 23.4 Å².